The molecule has 37 heavy (non-hydrogen) atoms. The molecule has 2 aromatic carbocycles. The molecule has 2 heterocycles. The van der Waals surface area contributed by atoms with Crippen molar-refractivity contribution < 1.29 is 29.0 Å². The highest BCUT2D eigenvalue weighted by molar-refractivity contribution is 7.17. The molecule has 1 N–H and O–H groups in total. The lowest BCUT2D eigenvalue weighted by Gasteiger charge is -2.24. The number of aliphatic hydroxyl groups is 1. The molecule has 4 rings (SSSR count). The molecule has 1 aliphatic rings. The molecule has 8 nitrogen and oxygen atoms in total. The first kappa shape index (κ1) is 25.6. The van der Waals surface area contributed by atoms with E-state index in [0.29, 0.717) is 23.6 Å². The fraction of sp³-hybridized carbons (Fsp3) is 0.143. The molecule has 9 heteroatoms. The number of nitrogens with zero attached hydrogens (tertiary/aromatic N) is 2. The number of anilines is 1. The summed E-state index contributed by atoms with van der Waals surface area (Å²) in [7, 11) is 1.25. The fourth-order valence-electron chi connectivity index (χ4n) is 3.86. The smallest absolute Gasteiger partial charge is 0.350 e. The SMILES string of the molecule is C=CCOc1ccc(C2C(C(=O)C=Cc3ccccc3)=C(O)C(=O)N2c2nc(C)c(C(=O)OC)s2)cc1. The number of carbonyl (C=O) groups is 3. The summed E-state index contributed by atoms with van der Waals surface area (Å²) in [4.78, 5) is 44.7. The van der Waals surface area contributed by atoms with Gasteiger partial charge in [-0.3, -0.25) is 14.5 Å². The van der Waals surface area contributed by atoms with Crippen LogP contribution in [-0.2, 0) is 14.3 Å². The van der Waals surface area contributed by atoms with Crippen LogP contribution in [-0.4, -0.2) is 41.5 Å². The average molecular weight is 517 g/mol. The van der Waals surface area contributed by atoms with E-state index in [9.17, 15) is 19.5 Å². The van der Waals surface area contributed by atoms with Gasteiger partial charge >= 0.3 is 5.97 Å². The van der Waals surface area contributed by atoms with E-state index in [0.717, 1.165) is 16.9 Å². The van der Waals surface area contributed by atoms with Crippen molar-refractivity contribution in [3.05, 3.63) is 106 Å². The molecule has 1 unspecified atom stereocenters. The van der Waals surface area contributed by atoms with Crippen LogP contribution in [0.2, 0.25) is 0 Å². The number of ketones is 1. The number of aliphatic hydroxyl groups excluding tert-OH is 1. The largest absolute Gasteiger partial charge is 0.503 e. The molecule has 188 valence electrons. The van der Waals surface area contributed by atoms with Crippen LogP contribution < -0.4 is 9.64 Å². The molecule has 0 saturated carbocycles. The zero-order chi connectivity index (χ0) is 26.5. The summed E-state index contributed by atoms with van der Waals surface area (Å²) < 4.78 is 10.4. The van der Waals surface area contributed by atoms with Gasteiger partial charge in [-0.15, -0.1) is 0 Å². The van der Waals surface area contributed by atoms with Crippen molar-refractivity contribution in [3.63, 3.8) is 0 Å². The number of ether oxygens (including phenoxy) is 2. The number of thiazole rings is 1. The number of hydrogen-bond donors (Lipinski definition) is 1. The lowest BCUT2D eigenvalue weighted by atomic mass is 9.95. The molecule has 1 amide bonds. The zero-order valence-electron chi connectivity index (χ0n) is 20.2. The predicted molar refractivity (Wildman–Crippen MR) is 141 cm³/mol. The monoisotopic (exact) mass is 516 g/mol. The first-order valence-corrected chi connectivity index (χ1v) is 12.1. The minimum atomic E-state index is -0.982. The molecule has 0 spiro atoms. The molecular weight excluding hydrogens is 492 g/mol. The Bertz CT molecular complexity index is 1410. The molecule has 0 radical (unpaired) electrons. The van der Waals surface area contributed by atoms with Crippen LogP contribution in [0.25, 0.3) is 6.08 Å². The predicted octanol–water partition coefficient (Wildman–Crippen LogP) is 4.99. The van der Waals surface area contributed by atoms with Crippen molar-refractivity contribution in [2.75, 3.05) is 18.6 Å². The number of rotatable bonds is 9. The maximum absolute atomic E-state index is 13.4. The van der Waals surface area contributed by atoms with Gasteiger partial charge in [0.2, 0.25) is 0 Å². The van der Waals surface area contributed by atoms with E-state index in [1.165, 1.54) is 18.1 Å². The normalized spacial score (nSPS) is 15.4. The minimum absolute atomic E-state index is 0.0931. The van der Waals surface area contributed by atoms with E-state index >= 15 is 0 Å². The van der Waals surface area contributed by atoms with Gasteiger partial charge < -0.3 is 14.6 Å². The van der Waals surface area contributed by atoms with Gasteiger partial charge in [0.05, 0.1) is 24.4 Å². The number of benzene rings is 2. The van der Waals surface area contributed by atoms with Gasteiger partial charge in [-0.1, -0.05) is 72.5 Å². The summed E-state index contributed by atoms with van der Waals surface area (Å²) in [5.74, 6) is -2.02. The summed E-state index contributed by atoms with van der Waals surface area (Å²) in [6.45, 7) is 5.56. The molecule has 0 bridgehead atoms. The van der Waals surface area contributed by atoms with E-state index in [4.69, 9.17) is 9.47 Å². The molecule has 0 saturated heterocycles. The van der Waals surface area contributed by atoms with Crippen molar-refractivity contribution in [1.29, 1.82) is 0 Å². The second-order valence-electron chi connectivity index (χ2n) is 8.02. The Kier molecular flexibility index (Phi) is 7.64. The first-order chi connectivity index (χ1) is 17.8. The Hall–Kier alpha value is -4.50. The number of allylic oxidation sites excluding steroid dienone is 1. The highest BCUT2D eigenvalue weighted by Crippen LogP contribution is 2.43. The van der Waals surface area contributed by atoms with Crippen LogP contribution in [0.1, 0.15) is 32.5 Å². The Labute approximate surface area is 217 Å². The van der Waals surface area contributed by atoms with Gasteiger partial charge in [0.1, 0.15) is 17.2 Å². The van der Waals surface area contributed by atoms with Gasteiger partial charge in [-0.2, -0.15) is 0 Å². The summed E-state index contributed by atoms with van der Waals surface area (Å²) in [5, 5.41) is 11.0. The van der Waals surface area contributed by atoms with E-state index in [1.54, 1.807) is 43.3 Å². The van der Waals surface area contributed by atoms with Gasteiger partial charge in [-0.25, -0.2) is 9.78 Å². The van der Waals surface area contributed by atoms with Crippen molar-refractivity contribution in [2.24, 2.45) is 0 Å². The van der Waals surface area contributed by atoms with E-state index < -0.39 is 29.5 Å². The molecule has 1 atom stereocenters. The number of methoxy groups -OCH3 is 1. The molecule has 1 aromatic heterocycles. The molecule has 3 aromatic rings. The van der Waals surface area contributed by atoms with Crippen LogP contribution in [0, 0.1) is 6.92 Å². The molecule has 1 aliphatic heterocycles. The summed E-state index contributed by atoms with van der Waals surface area (Å²) in [6.07, 6.45) is 4.55. The standard InChI is InChI=1S/C28H24N2O6S/c1-4-16-36-20-13-11-19(12-14-20)23-22(21(31)15-10-18-8-6-5-7-9-18)24(32)26(33)30(23)28-29-17(2)25(37-28)27(34)35-3/h4-15,23,32H,1,16H2,2-3H3. The maximum Gasteiger partial charge on any atom is 0.350 e. The number of aryl methyl sites for hydroxylation is 1. The molecule has 0 fully saturated rings. The van der Waals surface area contributed by atoms with Crippen LogP contribution >= 0.6 is 11.3 Å². The maximum atomic E-state index is 13.4. The number of esters is 1. The lowest BCUT2D eigenvalue weighted by Crippen LogP contribution is -2.30. The van der Waals surface area contributed by atoms with Crippen molar-refractivity contribution in [2.45, 2.75) is 13.0 Å². The van der Waals surface area contributed by atoms with Gasteiger partial charge in [0.15, 0.2) is 16.7 Å². The third-order valence-corrected chi connectivity index (χ3v) is 6.76. The Morgan fingerprint density at radius 2 is 1.86 bits per heavy atom. The van der Waals surface area contributed by atoms with Crippen LogP contribution in [0.15, 0.2) is 84.7 Å². The Morgan fingerprint density at radius 1 is 1.16 bits per heavy atom. The third-order valence-electron chi connectivity index (χ3n) is 5.63. The van der Waals surface area contributed by atoms with Crippen molar-refractivity contribution in [3.8, 4) is 5.75 Å². The lowest BCUT2D eigenvalue weighted by molar-refractivity contribution is -0.117. The van der Waals surface area contributed by atoms with E-state index in [2.05, 4.69) is 11.6 Å². The van der Waals surface area contributed by atoms with Crippen molar-refractivity contribution in [1.82, 2.24) is 4.98 Å². The summed E-state index contributed by atoms with van der Waals surface area (Å²) >= 11 is 0.948. The second kappa shape index (κ2) is 11.0. The van der Waals surface area contributed by atoms with Crippen LogP contribution in [0.4, 0.5) is 5.13 Å². The van der Waals surface area contributed by atoms with Crippen LogP contribution in [0.5, 0.6) is 5.75 Å². The van der Waals surface area contributed by atoms with E-state index in [1.807, 2.05) is 30.3 Å². The zero-order valence-corrected chi connectivity index (χ0v) is 21.0. The second-order valence-corrected chi connectivity index (χ2v) is 9.00. The minimum Gasteiger partial charge on any atom is -0.503 e. The quantitative estimate of drug-likeness (QED) is 0.243. The summed E-state index contributed by atoms with van der Waals surface area (Å²) in [6, 6.07) is 15.0. The highest BCUT2D eigenvalue weighted by atomic mass is 32.1. The number of carbonyl (C=O) groups excluding carboxylic acids is 3. The topological polar surface area (TPSA) is 106 Å². The number of amides is 1. The third kappa shape index (κ3) is 5.22. The fourth-order valence-corrected chi connectivity index (χ4v) is 4.88. The van der Waals surface area contributed by atoms with Gasteiger partial charge in [-0.05, 0) is 36.3 Å². The molecule has 0 aliphatic carbocycles. The average Bonchev–Trinajstić information content (AvgIpc) is 3.43. The van der Waals surface area contributed by atoms with E-state index in [-0.39, 0.29) is 15.6 Å². The van der Waals surface area contributed by atoms with Gasteiger partial charge in [0.25, 0.3) is 5.91 Å². The Morgan fingerprint density at radius 3 is 2.51 bits per heavy atom. The Balaban J connectivity index is 1.78. The molecular formula is C28H24N2O6S. The number of aromatic nitrogens is 1. The number of hydrogen-bond acceptors (Lipinski definition) is 8. The van der Waals surface area contributed by atoms with Crippen molar-refractivity contribution >= 4 is 40.2 Å². The highest BCUT2D eigenvalue weighted by Gasteiger charge is 2.45. The summed E-state index contributed by atoms with van der Waals surface area (Å²) in [5.41, 5.74) is 1.61. The van der Waals surface area contributed by atoms with Gasteiger partial charge in [0, 0.05) is 0 Å². The first-order valence-electron chi connectivity index (χ1n) is 11.3. The van der Waals surface area contributed by atoms with Crippen LogP contribution in [0.3, 0.4) is 0 Å².